The Morgan fingerprint density at radius 1 is 1.21 bits per heavy atom. The quantitative estimate of drug-likeness (QED) is 0.176. The summed E-state index contributed by atoms with van der Waals surface area (Å²) in [5.41, 5.74) is -1.14. The van der Waals surface area contributed by atoms with Crippen molar-refractivity contribution >= 4 is 17.8 Å². The van der Waals surface area contributed by atoms with Gasteiger partial charge in [0.05, 0.1) is 30.8 Å². The molecule has 2 bridgehead atoms. The predicted molar refractivity (Wildman–Crippen MR) is 161 cm³/mol. The molecule has 230 valence electrons. The summed E-state index contributed by atoms with van der Waals surface area (Å²) < 4.78 is 12.5. The van der Waals surface area contributed by atoms with E-state index in [0.29, 0.717) is 32.2 Å². The van der Waals surface area contributed by atoms with Crippen LogP contribution in [0.1, 0.15) is 71.3 Å². The molecule has 4 rings (SSSR count). The van der Waals surface area contributed by atoms with Crippen molar-refractivity contribution in [3.63, 3.8) is 0 Å². The maximum absolute atomic E-state index is 14.7. The Bertz CT molecular complexity index is 1140. The fraction of sp³-hybridized carbons (Fsp3) is 0.618. The third-order valence-electron chi connectivity index (χ3n) is 9.51. The number of aliphatic hydroxyl groups is 1. The number of allylic oxidation sites excluding steroid dienone is 1. The van der Waals surface area contributed by atoms with Gasteiger partial charge in [0.2, 0.25) is 11.8 Å². The Morgan fingerprint density at radius 3 is 2.60 bits per heavy atom. The van der Waals surface area contributed by atoms with Gasteiger partial charge >= 0.3 is 5.97 Å². The molecule has 3 fully saturated rings. The molecule has 7 atom stereocenters. The maximum atomic E-state index is 14.7. The highest BCUT2D eigenvalue weighted by atomic mass is 16.6. The second kappa shape index (κ2) is 13.6. The first-order valence-corrected chi connectivity index (χ1v) is 15.5. The molecule has 8 nitrogen and oxygen atoms in total. The van der Waals surface area contributed by atoms with Gasteiger partial charge in [-0.3, -0.25) is 14.4 Å². The van der Waals surface area contributed by atoms with E-state index >= 15 is 0 Å². The van der Waals surface area contributed by atoms with E-state index in [1.54, 1.807) is 15.9 Å². The summed E-state index contributed by atoms with van der Waals surface area (Å²) in [7, 11) is 0. The summed E-state index contributed by atoms with van der Waals surface area (Å²) in [6.45, 7) is 13.8. The van der Waals surface area contributed by atoms with E-state index in [1.807, 2.05) is 50.3 Å². The minimum Gasteiger partial charge on any atom is -0.465 e. The largest absolute Gasteiger partial charge is 0.465 e. The van der Waals surface area contributed by atoms with E-state index in [9.17, 15) is 19.5 Å². The van der Waals surface area contributed by atoms with E-state index in [4.69, 9.17) is 9.47 Å². The second-order valence-corrected chi connectivity index (χ2v) is 12.4. The number of unbranched alkanes of at least 4 members (excludes halogenated alkanes) is 2. The van der Waals surface area contributed by atoms with Gasteiger partial charge in [0.25, 0.3) is 0 Å². The Hall–Kier alpha value is -2.97. The van der Waals surface area contributed by atoms with Gasteiger partial charge in [-0.15, -0.1) is 13.2 Å². The fourth-order valence-electron chi connectivity index (χ4n) is 7.54. The minimum absolute atomic E-state index is 0.0832. The molecule has 0 saturated carbocycles. The summed E-state index contributed by atoms with van der Waals surface area (Å²) >= 11 is 0. The van der Waals surface area contributed by atoms with Crippen LogP contribution < -0.4 is 0 Å². The number of hydrogen-bond donors (Lipinski definition) is 1. The van der Waals surface area contributed by atoms with Crippen molar-refractivity contribution in [1.82, 2.24) is 9.80 Å². The number of likely N-dealkylation sites (tertiary alicyclic amines) is 1. The lowest BCUT2D eigenvalue weighted by atomic mass is 9.66. The smallest absolute Gasteiger partial charge is 0.312 e. The lowest BCUT2D eigenvalue weighted by Gasteiger charge is -2.41. The first-order valence-electron chi connectivity index (χ1n) is 15.5. The summed E-state index contributed by atoms with van der Waals surface area (Å²) in [6.07, 6.45) is 9.02. The molecule has 0 radical (unpaired) electrons. The van der Waals surface area contributed by atoms with E-state index in [0.717, 1.165) is 31.2 Å². The zero-order valence-corrected chi connectivity index (χ0v) is 25.5. The average Bonchev–Trinajstić information content (AvgIpc) is 3.55. The van der Waals surface area contributed by atoms with Gasteiger partial charge in [-0.2, -0.15) is 0 Å². The summed E-state index contributed by atoms with van der Waals surface area (Å²) in [5.74, 6) is -2.67. The molecule has 1 spiro atoms. The summed E-state index contributed by atoms with van der Waals surface area (Å²) in [6, 6.07) is 7.92. The lowest BCUT2D eigenvalue weighted by molar-refractivity contribution is -0.162. The van der Waals surface area contributed by atoms with E-state index in [2.05, 4.69) is 20.1 Å². The molecule has 3 aliphatic heterocycles. The Kier molecular flexibility index (Phi) is 10.3. The van der Waals surface area contributed by atoms with Crippen LogP contribution in [0.5, 0.6) is 0 Å². The van der Waals surface area contributed by atoms with Gasteiger partial charge in [0.15, 0.2) is 0 Å². The normalized spacial score (nSPS) is 29.2. The van der Waals surface area contributed by atoms with Crippen molar-refractivity contribution in [2.75, 3.05) is 19.8 Å². The van der Waals surface area contributed by atoms with Crippen LogP contribution in [0.2, 0.25) is 0 Å². The molecule has 1 N–H and O–H groups in total. The fourth-order valence-corrected chi connectivity index (χ4v) is 7.54. The standard InChI is InChI=1S/C34H48N2O6/c1-6-9-10-14-21-41-32(40)28-27-30(38)36(26(23-37)22-25-16-12-11-13-17-25)29(34(27)19-18-33(28,5)42-34)31(39)35(20-8-3)24(4)15-7-2/h6,8,11-13,16-17,24,26-29,37H,1,3,7,9-10,14-15,18-23H2,2,4-5H3/t24?,26-,27+,28-,29?,33+,34?/m1/s1. The van der Waals surface area contributed by atoms with Gasteiger partial charge < -0.3 is 24.4 Å². The van der Waals surface area contributed by atoms with Gasteiger partial charge in [0, 0.05) is 12.6 Å². The Labute approximate surface area is 250 Å². The first kappa shape index (κ1) is 32.0. The van der Waals surface area contributed by atoms with Crippen molar-refractivity contribution in [2.45, 2.75) is 101 Å². The molecule has 0 aromatic heterocycles. The monoisotopic (exact) mass is 580 g/mol. The van der Waals surface area contributed by atoms with Crippen LogP contribution in [0.4, 0.5) is 0 Å². The molecule has 8 heteroatoms. The number of esters is 1. The van der Waals surface area contributed by atoms with Crippen molar-refractivity contribution < 1.29 is 29.0 Å². The number of carbonyl (C=O) groups is 3. The van der Waals surface area contributed by atoms with Gasteiger partial charge in [-0.25, -0.2) is 0 Å². The van der Waals surface area contributed by atoms with E-state index in [-0.39, 0.29) is 31.1 Å². The SMILES string of the molecule is C=CCCCCOC(=O)[C@H]1[C@H]2C(=O)N([C@@H](CO)Cc3ccccc3)C(C(=O)N(CC=C)C(C)CCC)C23CC[C@]1(C)O3. The molecule has 1 aromatic carbocycles. The van der Waals surface area contributed by atoms with E-state index in [1.165, 1.54) is 0 Å². The molecule has 2 amide bonds. The number of nitrogens with zero attached hydrogens (tertiary/aromatic N) is 2. The molecular formula is C34H48N2O6. The number of benzene rings is 1. The number of amides is 2. The van der Waals surface area contributed by atoms with Crippen LogP contribution in [0.3, 0.4) is 0 Å². The van der Waals surface area contributed by atoms with Crippen molar-refractivity contribution in [3.8, 4) is 0 Å². The Balaban J connectivity index is 1.74. The second-order valence-electron chi connectivity index (χ2n) is 12.4. The number of fused-ring (bicyclic) bond motifs is 1. The van der Waals surface area contributed by atoms with Gasteiger partial charge in [-0.1, -0.05) is 55.8 Å². The highest BCUT2D eigenvalue weighted by molar-refractivity contribution is 5.99. The molecule has 3 heterocycles. The van der Waals surface area contributed by atoms with Crippen molar-refractivity contribution in [2.24, 2.45) is 11.8 Å². The van der Waals surface area contributed by atoms with Gasteiger partial charge in [-0.05, 0) is 64.4 Å². The lowest BCUT2D eigenvalue weighted by Crippen LogP contribution is -2.60. The highest BCUT2D eigenvalue weighted by Crippen LogP contribution is 2.63. The minimum atomic E-state index is -1.18. The number of aliphatic hydroxyl groups excluding tert-OH is 1. The maximum Gasteiger partial charge on any atom is 0.312 e. The number of hydrogen-bond acceptors (Lipinski definition) is 6. The molecule has 0 aliphatic carbocycles. The topological polar surface area (TPSA) is 96.4 Å². The zero-order valence-electron chi connectivity index (χ0n) is 25.5. The Morgan fingerprint density at radius 2 is 1.95 bits per heavy atom. The van der Waals surface area contributed by atoms with Gasteiger partial charge in [0.1, 0.15) is 17.6 Å². The zero-order chi connectivity index (χ0) is 30.5. The summed E-state index contributed by atoms with van der Waals surface area (Å²) in [5, 5.41) is 10.7. The number of carbonyl (C=O) groups excluding carboxylic acids is 3. The molecular weight excluding hydrogens is 532 g/mol. The highest BCUT2D eigenvalue weighted by Gasteiger charge is 2.79. The van der Waals surface area contributed by atoms with Crippen LogP contribution in [-0.2, 0) is 30.3 Å². The third kappa shape index (κ3) is 5.80. The molecule has 1 aromatic rings. The van der Waals surface area contributed by atoms with Crippen molar-refractivity contribution in [3.05, 3.63) is 61.2 Å². The van der Waals surface area contributed by atoms with Crippen LogP contribution in [-0.4, -0.2) is 81.8 Å². The van der Waals surface area contributed by atoms with Crippen LogP contribution >= 0.6 is 0 Å². The number of ether oxygens (including phenoxy) is 2. The summed E-state index contributed by atoms with van der Waals surface area (Å²) in [4.78, 5) is 46.2. The van der Waals surface area contributed by atoms with Crippen LogP contribution in [0.15, 0.2) is 55.6 Å². The average molecular weight is 581 g/mol. The van der Waals surface area contributed by atoms with E-state index < -0.39 is 41.1 Å². The third-order valence-corrected chi connectivity index (χ3v) is 9.51. The van der Waals surface area contributed by atoms with Crippen LogP contribution in [0, 0.1) is 11.8 Å². The predicted octanol–water partition coefficient (Wildman–Crippen LogP) is 4.46. The molecule has 42 heavy (non-hydrogen) atoms. The first-order chi connectivity index (χ1) is 20.2. The number of rotatable bonds is 16. The van der Waals surface area contributed by atoms with Crippen molar-refractivity contribution in [1.29, 1.82) is 0 Å². The molecule has 3 aliphatic rings. The molecule has 3 saturated heterocycles. The molecule has 3 unspecified atom stereocenters. The van der Waals surface area contributed by atoms with Crippen LogP contribution in [0.25, 0.3) is 0 Å².